The van der Waals surface area contributed by atoms with Gasteiger partial charge < -0.3 is 39.8 Å². The molecule has 18 nitrogen and oxygen atoms in total. The van der Waals surface area contributed by atoms with Crippen molar-refractivity contribution in [2.24, 2.45) is 9.98 Å². The minimum atomic E-state index is -0.877. The van der Waals surface area contributed by atoms with Crippen molar-refractivity contribution in [2.75, 3.05) is 88.8 Å². The molecular weight excluding hydrogens is 1130 g/mol. The number of aliphatic carboxylic acids is 2. The minimum Gasteiger partial charge on any atom is -0.481 e. The molecule has 2 fully saturated rings. The quantitative estimate of drug-likeness (QED) is 0.0665. The molecule has 4 aliphatic rings. The fourth-order valence-electron chi connectivity index (χ4n) is 8.21. The van der Waals surface area contributed by atoms with Crippen LogP contribution in [0.15, 0.2) is 96.5 Å². The average molecular weight is 1180 g/mol. The lowest BCUT2D eigenvalue weighted by Crippen LogP contribution is -2.50. The van der Waals surface area contributed by atoms with Crippen LogP contribution < -0.4 is 10.6 Å². The number of thioether (sulfide) groups is 2. The van der Waals surface area contributed by atoms with Gasteiger partial charge in [-0.05, 0) is 43.7 Å². The number of nitrogens with zero attached hydrogens (tertiary/aromatic N) is 6. The summed E-state index contributed by atoms with van der Waals surface area (Å²) in [7, 11) is 0. The van der Waals surface area contributed by atoms with Gasteiger partial charge in [0.2, 0.25) is 0 Å². The van der Waals surface area contributed by atoms with E-state index < -0.39 is 47.6 Å². The molecule has 0 amide bonds. The van der Waals surface area contributed by atoms with Crippen LogP contribution >= 0.6 is 73.7 Å². The lowest BCUT2D eigenvalue weighted by Gasteiger charge is -2.37. The van der Waals surface area contributed by atoms with Crippen molar-refractivity contribution in [1.29, 1.82) is 0 Å². The Bertz CT molecular complexity index is 2570. The van der Waals surface area contributed by atoms with Gasteiger partial charge in [-0.3, -0.25) is 29.4 Å². The fourth-order valence-corrected chi connectivity index (χ4v) is 12.0. The molecule has 4 unspecified atom stereocenters. The molecule has 4 aliphatic heterocycles. The highest BCUT2D eigenvalue weighted by Crippen LogP contribution is 2.39. The van der Waals surface area contributed by atoms with E-state index in [2.05, 4.69) is 46.3 Å². The van der Waals surface area contributed by atoms with Crippen molar-refractivity contribution < 1.29 is 57.1 Å². The predicted octanol–water partition coefficient (Wildman–Crippen LogP) is 6.83. The van der Waals surface area contributed by atoms with Crippen LogP contribution in [0.1, 0.15) is 47.1 Å². The van der Waals surface area contributed by atoms with Gasteiger partial charge in [-0.25, -0.2) is 28.3 Å². The number of rotatable bonds is 20. The maximum Gasteiger partial charge on any atom is 0.338 e. The van der Waals surface area contributed by atoms with Crippen molar-refractivity contribution in [1.82, 2.24) is 30.4 Å². The summed E-state index contributed by atoms with van der Waals surface area (Å²) in [5.74, 6) is -1.65. The Hall–Kier alpha value is -4.83. The number of morpholine rings is 2. The predicted molar refractivity (Wildman–Crippen MR) is 284 cm³/mol. The number of thiazole rings is 2. The Morgan fingerprint density at radius 2 is 1.22 bits per heavy atom. The molecule has 4 atom stereocenters. The van der Waals surface area contributed by atoms with Crippen LogP contribution in [0.25, 0.3) is 0 Å². The molecule has 0 saturated carbocycles. The van der Waals surface area contributed by atoms with E-state index in [1.807, 2.05) is 10.8 Å². The van der Waals surface area contributed by atoms with E-state index in [1.54, 1.807) is 32.3 Å². The van der Waals surface area contributed by atoms with Gasteiger partial charge >= 0.3 is 23.9 Å². The largest absolute Gasteiger partial charge is 0.481 e. The smallest absolute Gasteiger partial charge is 0.338 e. The molecule has 0 radical (unpaired) electrons. The van der Waals surface area contributed by atoms with Crippen LogP contribution in [-0.4, -0.2) is 166 Å². The van der Waals surface area contributed by atoms with E-state index in [1.165, 1.54) is 76.5 Å². The summed E-state index contributed by atoms with van der Waals surface area (Å²) in [5.41, 5.74) is 2.87. The molecule has 8 rings (SSSR count). The summed E-state index contributed by atoms with van der Waals surface area (Å²) in [4.78, 5) is 71.3. The molecule has 2 aromatic carbocycles. The average Bonchev–Trinajstić information content (AvgIpc) is 4.12. The highest BCUT2D eigenvalue weighted by atomic mass is 79.9. The number of aromatic nitrogens is 2. The number of carbonyl (C=O) groups is 4. The first kappa shape index (κ1) is 56.9. The summed E-state index contributed by atoms with van der Waals surface area (Å²) in [6.07, 6.45) is 3.33. The Kier molecular flexibility index (Phi) is 21.4. The van der Waals surface area contributed by atoms with Crippen LogP contribution in [0.3, 0.4) is 0 Å². The van der Waals surface area contributed by atoms with Gasteiger partial charge in [0.25, 0.3) is 0 Å². The highest BCUT2D eigenvalue weighted by molar-refractivity contribution is 9.10. The SMILES string of the molecule is CCOC(=O)C1=C(CN2CCOCC2CSCC(=O)O)NC(c2nccs2)=NC1c1ccc(F)cc1Br.CCOC(=O)C1=C(CN2CCOCC2CSCC(=O)O)NC(c2nccs2)=NC1c1ccc(F)cc1Cl. The summed E-state index contributed by atoms with van der Waals surface area (Å²) in [5, 5.41) is 29.8. The fraction of sp³-hybridized carbons (Fsp3) is 0.417. The number of benzene rings is 2. The number of ether oxygens (including phenoxy) is 4. The van der Waals surface area contributed by atoms with Crippen LogP contribution in [-0.2, 0) is 38.1 Å². The molecule has 2 saturated heterocycles. The molecular formula is C48H52BrClF2N8O10S4. The number of esters is 2. The molecule has 0 spiro atoms. The molecule has 2 aromatic heterocycles. The topological polar surface area (TPSA) is 227 Å². The number of amidine groups is 2. The monoisotopic (exact) mass is 1180 g/mol. The Morgan fingerprint density at radius 3 is 1.64 bits per heavy atom. The number of aliphatic imine (C=N–C) groups is 2. The van der Waals surface area contributed by atoms with E-state index in [9.17, 15) is 28.0 Å². The Morgan fingerprint density at radius 1 is 0.757 bits per heavy atom. The molecule has 0 bridgehead atoms. The third-order valence-electron chi connectivity index (χ3n) is 11.5. The van der Waals surface area contributed by atoms with Crippen molar-refractivity contribution in [3.8, 4) is 0 Å². The number of hydrogen-bond acceptors (Lipinski definition) is 20. The number of nitrogens with one attached hydrogen (secondary N) is 2. The Balaban J connectivity index is 0.000000216. The van der Waals surface area contributed by atoms with Gasteiger partial charge in [0.05, 0.1) is 62.3 Å². The number of carbonyl (C=O) groups excluding carboxylic acids is 2. The summed E-state index contributed by atoms with van der Waals surface area (Å²) < 4.78 is 50.4. The van der Waals surface area contributed by atoms with Crippen LogP contribution in [0.5, 0.6) is 0 Å². The highest BCUT2D eigenvalue weighted by Gasteiger charge is 2.38. The van der Waals surface area contributed by atoms with Crippen LogP contribution in [0.2, 0.25) is 5.02 Å². The second kappa shape index (κ2) is 27.8. The first-order valence-electron chi connectivity index (χ1n) is 23.2. The van der Waals surface area contributed by atoms with E-state index in [0.29, 0.717) is 118 Å². The lowest BCUT2D eigenvalue weighted by molar-refractivity contribution is -0.139. The van der Waals surface area contributed by atoms with Crippen LogP contribution in [0, 0.1) is 11.6 Å². The van der Waals surface area contributed by atoms with Crippen molar-refractivity contribution >= 4 is 109 Å². The third kappa shape index (κ3) is 15.2. The second-order valence-corrected chi connectivity index (χ2v) is 21.6. The van der Waals surface area contributed by atoms with Crippen molar-refractivity contribution in [2.45, 2.75) is 38.0 Å². The number of halogens is 4. The minimum absolute atomic E-state index is 0.000876. The van der Waals surface area contributed by atoms with E-state index in [-0.39, 0.29) is 47.4 Å². The zero-order valence-electron chi connectivity index (χ0n) is 40.0. The van der Waals surface area contributed by atoms with Gasteiger partial charge in [-0.2, -0.15) is 0 Å². The van der Waals surface area contributed by atoms with Gasteiger partial charge in [0.15, 0.2) is 21.7 Å². The van der Waals surface area contributed by atoms with E-state index in [4.69, 9.17) is 50.7 Å². The first-order chi connectivity index (χ1) is 35.7. The maximum absolute atomic E-state index is 13.9. The molecule has 26 heteroatoms. The summed E-state index contributed by atoms with van der Waals surface area (Å²) in [6.45, 7) is 7.59. The molecule has 4 N–H and O–H groups in total. The zero-order valence-corrected chi connectivity index (χ0v) is 45.6. The van der Waals surface area contributed by atoms with Gasteiger partial charge in [0, 0.05) is 99.4 Å². The molecule has 0 aliphatic carbocycles. The zero-order chi connectivity index (χ0) is 52.7. The maximum atomic E-state index is 13.9. The summed E-state index contributed by atoms with van der Waals surface area (Å²) >= 11 is 15.3. The van der Waals surface area contributed by atoms with Gasteiger partial charge in [0.1, 0.15) is 23.7 Å². The van der Waals surface area contributed by atoms with E-state index >= 15 is 0 Å². The summed E-state index contributed by atoms with van der Waals surface area (Å²) in [6, 6.07) is 6.56. The molecule has 4 aromatic rings. The van der Waals surface area contributed by atoms with Crippen molar-refractivity contribution in [3.63, 3.8) is 0 Å². The van der Waals surface area contributed by atoms with Crippen LogP contribution in [0.4, 0.5) is 8.78 Å². The van der Waals surface area contributed by atoms with Gasteiger partial charge in [-0.15, -0.1) is 46.2 Å². The standard InChI is InChI=1S/C24H26BrFN4O5S2.C24H26ClFN4O5S2/c2*1-2-35-24(33)20-18(10-30-6-7-34-11-15(30)12-36-13-19(31)32)28-22(23-27-5-8-37-23)29-21(20)16-4-3-14(26)9-17(16)25/h2*3-5,8-9,15,21H,2,6-7,10-13H2,1H3,(H,28,29)(H,31,32). The Labute approximate surface area is 455 Å². The molecule has 74 heavy (non-hydrogen) atoms. The van der Waals surface area contributed by atoms with Gasteiger partial charge in [-0.1, -0.05) is 39.7 Å². The molecule has 6 heterocycles. The lowest BCUT2D eigenvalue weighted by atomic mass is 9.95. The second-order valence-electron chi connectivity index (χ2n) is 16.5. The number of carboxylic acid groups (broad SMARTS) is 2. The third-order valence-corrected chi connectivity index (χ3v) is 16.2. The number of hydrogen-bond donors (Lipinski definition) is 4. The first-order valence-corrected chi connectivity index (χ1v) is 28.4. The van der Waals surface area contributed by atoms with E-state index in [0.717, 1.165) is 0 Å². The molecule has 396 valence electrons. The normalized spacial score (nSPS) is 20.4. The number of carboxylic acids is 2. The van der Waals surface area contributed by atoms with Crippen molar-refractivity contribution in [3.05, 3.63) is 124 Å².